The van der Waals surface area contributed by atoms with Crippen LogP contribution in [0.15, 0.2) is 48.5 Å². The van der Waals surface area contributed by atoms with Crippen molar-refractivity contribution >= 4 is 9.36 Å². The van der Waals surface area contributed by atoms with E-state index in [0.29, 0.717) is 24.2 Å². The number of aromatic hydroxyl groups is 2. The first-order valence-corrected chi connectivity index (χ1v) is 8.80. The molecule has 135 valence electrons. The summed E-state index contributed by atoms with van der Waals surface area (Å²) in [7, 11) is 0. The number of rotatable bonds is 7. The van der Waals surface area contributed by atoms with Crippen LogP contribution in [-0.4, -0.2) is 32.7 Å². The van der Waals surface area contributed by atoms with E-state index in [-0.39, 0.29) is 33.7 Å². The molecule has 2 aromatic carbocycles. The Labute approximate surface area is 153 Å². The number of benzene rings is 2. The number of carbonyl (C=O) groups is 2. The molecule has 6 N–H and O–H groups in total. The van der Waals surface area contributed by atoms with Crippen molar-refractivity contribution in [2.45, 2.75) is 12.8 Å². The molecule has 0 amide bonds. The van der Waals surface area contributed by atoms with Gasteiger partial charge in [-0.3, -0.25) is 0 Å². The van der Waals surface area contributed by atoms with E-state index in [0.717, 1.165) is 0 Å². The molecule has 0 aromatic heterocycles. The van der Waals surface area contributed by atoms with E-state index in [4.69, 9.17) is 11.5 Å². The van der Waals surface area contributed by atoms with Crippen LogP contribution < -0.4 is 11.5 Å². The van der Waals surface area contributed by atoms with Crippen LogP contribution in [0.25, 0.3) is 0 Å². The third-order valence-electron chi connectivity index (χ3n) is 3.02. The number of para-hydroxylation sites is 2. The Hall–Kier alpha value is -2.18. The summed E-state index contributed by atoms with van der Waals surface area (Å²) >= 11 is -0.510. The van der Waals surface area contributed by atoms with E-state index in [1.807, 2.05) is 0 Å². The topological polar surface area (TPSA) is 127 Å². The van der Waals surface area contributed by atoms with Crippen LogP contribution in [0.1, 0.15) is 11.1 Å². The summed E-state index contributed by atoms with van der Waals surface area (Å²) in [6.45, 7) is 1.19. The molecule has 0 aliphatic heterocycles. The average Bonchev–Trinajstić information content (AvgIpc) is 2.59. The van der Waals surface area contributed by atoms with Crippen molar-refractivity contribution in [2.75, 3.05) is 13.1 Å². The van der Waals surface area contributed by atoms with Crippen molar-refractivity contribution < 1.29 is 34.8 Å². The zero-order valence-corrected chi connectivity index (χ0v) is 14.9. The average molecular weight is 385 g/mol. The fourth-order valence-electron chi connectivity index (χ4n) is 1.80. The minimum absolute atomic E-state index is 0.0409. The van der Waals surface area contributed by atoms with Gasteiger partial charge < -0.3 is 11.5 Å². The van der Waals surface area contributed by atoms with Gasteiger partial charge in [0.05, 0.1) is 0 Å². The molecular formula is C18H22MnN2O4. The summed E-state index contributed by atoms with van der Waals surface area (Å²) in [5, 5.41) is 19.2. The second kappa shape index (κ2) is 11.4. The predicted octanol–water partition coefficient (Wildman–Crippen LogP) is 0.923. The van der Waals surface area contributed by atoms with Gasteiger partial charge >= 0.3 is 128 Å². The first-order chi connectivity index (χ1) is 12.0. The summed E-state index contributed by atoms with van der Waals surface area (Å²) in [4.78, 5) is 23.7. The van der Waals surface area contributed by atoms with Crippen LogP contribution in [-0.2, 0) is 37.4 Å². The fourth-order valence-corrected chi connectivity index (χ4v) is 2.83. The molecule has 0 unspecified atom stereocenters. The van der Waals surface area contributed by atoms with E-state index in [9.17, 15) is 19.8 Å². The van der Waals surface area contributed by atoms with E-state index in [1.165, 1.54) is 12.1 Å². The van der Waals surface area contributed by atoms with Crippen LogP contribution >= 0.6 is 0 Å². The summed E-state index contributed by atoms with van der Waals surface area (Å²) in [6.07, 6.45) is 0.0817. The van der Waals surface area contributed by atoms with Crippen LogP contribution in [0.3, 0.4) is 0 Å². The second-order valence-electron chi connectivity index (χ2n) is 4.99. The molecule has 0 atom stereocenters. The Kier molecular flexibility index (Phi) is 9.50. The molecular weight excluding hydrogens is 363 g/mol. The zero-order chi connectivity index (χ0) is 18.7. The normalized spacial score (nSPS) is 9.84. The van der Waals surface area contributed by atoms with Gasteiger partial charge in [0.1, 0.15) is 0 Å². The quantitative estimate of drug-likeness (QED) is 0.525. The molecule has 0 saturated heterocycles. The minimum atomic E-state index is -0.510. The number of carbonyl (C=O) groups excluding carboxylic acids is 2. The van der Waals surface area contributed by atoms with Crippen molar-refractivity contribution in [2.24, 2.45) is 11.5 Å². The van der Waals surface area contributed by atoms with Crippen LogP contribution in [0.4, 0.5) is 0 Å². The summed E-state index contributed by atoms with van der Waals surface area (Å²) < 4.78 is -0.443. The van der Waals surface area contributed by atoms with Gasteiger partial charge in [-0.25, -0.2) is 0 Å². The Morgan fingerprint density at radius 1 is 0.760 bits per heavy atom. The molecule has 6 nitrogen and oxygen atoms in total. The number of phenolic OH excluding ortho intramolecular Hbond substituents is 2. The molecule has 2 aromatic rings. The predicted molar refractivity (Wildman–Crippen MR) is 91.7 cm³/mol. The van der Waals surface area contributed by atoms with Gasteiger partial charge in [0, 0.05) is 13.1 Å². The van der Waals surface area contributed by atoms with Crippen LogP contribution in [0, 0.1) is 0 Å². The van der Waals surface area contributed by atoms with Crippen molar-refractivity contribution in [1.82, 2.24) is 0 Å². The summed E-state index contributed by atoms with van der Waals surface area (Å²) in [6, 6.07) is 13.2. The van der Waals surface area contributed by atoms with Gasteiger partial charge in [-0.15, -0.1) is 0 Å². The summed E-state index contributed by atoms with van der Waals surface area (Å²) in [5.74, 6) is 0.119. The standard InChI is InChI=1S/2C8H7O2.C2H8N2.Mn/c2*9-6-5-7-3-1-2-4-8(7)10;3-1-2-4;/h2*1-4,10H,5H2;1-4H2;. The molecule has 2 rings (SSSR count). The van der Waals surface area contributed by atoms with Gasteiger partial charge in [0.25, 0.3) is 0 Å². The van der Waals surface area contributed by atoms with Crippen molar-refractivity contribution in [3.63, 3.8) is 0 Å². The van der Waals surface area contributed by atoms with Crippen LogP contribution in [0.2, 0.25) is 0 Å². The van der Waals surface area contributed by atoms with Crippen molar-refractivity contribution in [3.05, 3.63) is 59.7 Å². The molecule has 0 spiro atoms. The Balaban J connectivity index is 0.000000705. The molecule has 0 radical (unpaired) electrons. The first-order valence-electron chi connectivity index (χ1n) is 7.62. The number of nitrogens with two attached hydrogens (primary N) is 2. The molecule has 0 bridgehead atoms. The van der Waals surface area contributed by atoms with E-state index >= 15 is 0 Å². The van der Waals surface area contributed by atoms with E-state index in [2.05, 4.69) is 0 Å². The van der Waals surface area contributed by atoms with Gasteiger partial charge in [-0.2, -0.15) is 0 Å². The van der Waals surface area contributed by atoms with Crippen LogP contribution in [0.5, 0.6) is 11.5 Å². The third-order valence-corrected chi connectivity index (χ3v) is 4.10. The molecule has 25 heavy (non-hydrogen) atoms. The van der Waals surface area contributed by atoms with Crippen molar-refractivity contribution in [1.29, 1.82) is 0 Å². The maximum atomic E-state index is 11.9. The second-order valence-corrected chi connectivity index (χ2v) is 6.60. The molecule has 0 aliphatic carbocycles. The molecule has 0 saturated carbocycles. The number of hydrogen-bond donors (Lipinski definition) is 4. The molecule has 0 heterocycles. The third kappa shape index (κ3) is 7.96. The monoisotopic (exact) mass is 385 g/mol. The van der Waals surface area contributed by atoms with E-state index in [1.54, 1.807) is 36.4 Å². The molecule has 0 fully saturated rings. The number of hydrogen-bond acceptors (Lipinski definition) is 6. The Bertz CT molecular complexity index is 647. The van der Waals surface area contributed by atoms with Gasteiger partial charge in [-0.05, 0) is 0 Å². The molecule has 7 heteroatoms. The zero-order valence-electron chi connectivity index (χ0n) is 13.7. The fraction of sp³-hybridized carbons (Fsp3) is 0.222. The van der Waals surface area contributed by atoms with Gasteiger partial charge in [0.15, 0.2) is 0 Å². The Morgan fingerprint density at radius 3 is 1.44 bits per heavy atom. The van der Waals surface area contributed by atoms with Gasteiger partial charge in [-0.1, -0.05) is 0 Å². The maximum absolute atomic E-state index is 11.9. The van der Waals surface area contributed by atoms with E-state index < -0.39 is 15.0 Å². The molecule has 0 aliphatic rings. The van der Waals surface area contributed by atoms with Crippen molar-refractivity contribution in [3.8, 4) is 11.5 Å². The summed E-state index contributed by atoms with van der Waals surface area (Å²) in [5.41, 5.74) is 10.8. The SMILES string of the molecule is NCCN.O=[C](Cc1ccccc1O)[Mn][C](=O)Cc1ccccc1O. The number of phenols is 2. The Morgan fingerprint density at radius 2 is 1.12 bits per heavy atom. The first kappa shape index (κ1) is 20.9. The van der Waals surface area contributed by atoms with Gasteiger partial charge in [0.2, 0.25) is 0 Å².